The first-order valence-corrected chi connectivity index (χ1v) is 26.7. The van der Waals surface area contributed by atoms with Gasteiger partial charge in [-0.3, -0.25) is 33.6 Å². The topological polar surface area (TPSA) is 313 Å². The molecule has 0 aliphatic carbocycles. The molecule has 1 saturated heterocycles. The van der Waals surface area contributed by atoms with E-state index in [4.69, 9.17) is 61.3 Å². The van der Waals surface area contributed by atoms with Crippen LogP contribution in [-0.2, 0) is 95.2 Å². The maximum atomic E-state index is 13.7. The fourth-order valence-electron chi connectivity index (χ4n) is 6.81. The van der Waals surface area contributed by atoms with E-state index in [1.54, 1.807) is 6.07 Å². The highest BCUT2D eigenvalue weighted by atomic mass is 32.3. The summed E-state index contributed by atoms with van der Waals surface area (Å²) in [7, 11) is -5.09. The minimum Gasteiger partial charge on any atom is -0.489 e. The second kappa shape index (κ2) is 32.2. The van der Waals surface area contributed by atoms with Gasteiger partial charge in [0, 0.05) is 88.7 Å². The average molecular weight is 1120 g/mol. The molecule has 0 aromatic heterocycles. The number of rotatable bonds is 32. The van der Waals surface area contributed by atoms with E-state index in [-0.39, 0.29) is 80.6 Å². The van der Waals surface area contributed by atoms with Gasteiger partial charge in [-0.1, -0.05) is 52.9 Å². The van der Waals surface area contributed by atoms with Crippen LogP contribution in [0.15, 0.2) is 65.8 Å². The number of hydrogen-bond acceptors (Lipinski definition) is 24. The van der Waals surface area contributed by atoms with Crippen molar-refractivity contribution in [1.29, 1.82) is 0 Å². The number of carbonyl (C=O) groups is 7. The van der Waals surface area contributed by atoms with Crippen molar-refractivity contribution in [3.63, 3.8) is 0 Å². The predicted molar refractivity (Wildman–Crippen MR) is 270 cm³/mol. The third-order valence-corrected chi connectivity index (χ3v) is 12.5. The van der Waals surface area contributed by atoms with Gasteiger partial charge in [0.25, 0.3) is 0 Å². The Morgan fingerprint density at radius 1 is 0.645 bits per heavy atom. The number of thioether (sulfide) groups is 2. The zero-order chi connectivity index (χ0) is 55.6. The molecule has 1 aliphatic rings. The molecule has 24 nitrogen and oxygen atoms in total. The molecule has 76 heavy (non-hydrogen) atoms. The van der Waals surface area contributed by atoms with Crippen LogP contribution in [0.5, 0.6) is 23.0 Å². The smallest absolute Gasteiger partial charge is 0.489 e. The van der Waals surface area contributed by atoms with Crippen LogP contribution >= 0.6 is 23.5 Å². The number of nitrogens with zero attached hydrogens (tertiary/aromatic N) is 3. The standard InChI is InChI=1S/C49H59N3O21S3/c1-30(53)65-27-45-46(67-31(2)54)47(68-32(3)55)48(69-33(4)56)49(71-45)70-43-16-12-38(41(59)8-7-18-62-20-22-64-23-21-63-19-17-51-52-50)25-44(43)73-76(60,61)72-40-13-9-36(10-14-40)26-66-42-15-11-37(28-74-34(5)57)24-39(42)29-75-35(6)58/h9-16,24-25,45-49H,7-8,17-23,26-29H2,1-6H3/t45-,46+,47+,48-,49?/m0/s1. The lowest BCUT2D eigenvalue weighted by molar-refractivity contribution is -0.288. The Kier molecular flexibility index (Phi) is 26.3. The molecule has 0 saturated carbocycles. The minimum atomic E-state index is -5.09. The van der Waals surface area contributed by atoms with E-state index in [1.807, 2.05) is 12.1 Å². The first kappa shape index (κ1) is 62.1. The van der Waals surface area contributed by atoms with Crippen LogP contribution < -0.4 is 17.8 Å². The fraction of sp³-hybridized carbons (Fsp3) is 0.490. The number of azide groups is 1. The molecule has 0 bridgehead atoms. The first-order chi connectivity index (χ1) is 36.2. The Morgan fingerprint density at radius 3 is 1.87 bits per heavy atom. The fourth-order valence-corrected chi connectivity index (χ4v) is 8.68. The van der Waals surface area contributed by atoms with Gasteiger partial charge in [0.1, 0.15) is 30.8 Å². The lowest BCUT2D eigenvalue weighted by atomic mass is 9.98. The Morgan fingerprint density at radius 2 is 1.24 bits per heavy atom. The highest BCUT2D eigenvalue weighted by Gasteiger charge is 2.53. The molecule has 3 aromatic rings. The second-order valence-corrected chi connectivity index (χ2v) is 19.6. The molecule has 27 heteroatoms. The Bertz CT molecular complexity index is 2630. The average Bonchev–Trinajstić information content (AvgIpc) is 3.35. The Balaban J connectivity index is 1.57. The van der Waals surface area contributed by atoms with E-state index in [0.717, 1.165) is 74.5 Å². The third kappa shape index (κ3) is 22.8. The van der Waals surface area contributed by atoms with E-state index in [1.165, 1.54) is 44.2 Å². The number of ether oxygens (including phenoxy) is 10. The molecule has 1 aliphatic heterocycles. The highest BCUT2D eigenvalue weighted by Crippen LogP contribution is 2.37. The summed E-state index contributed by atoms with van der Waals surface area (Å²) >= 11 is 2.25. The summed E-state index contributed by atoms with van der Waals surface area (Å²) in [6, 6.07) is 14.7. The lowest BCUT2D eigenvalue weighted by Gasteiger charge is -2.43. The summed E-state index contributed by atoms with van der Waals surface area (Å²) in [5, 5.41) is 3.24. The van der Waals surface area contributed by atoms with Gasteiger partial charge < -0.3 is 55.7 Å². The van der Waals surface area contributed by atoms with Crippen LogP contribution in [0.25, 0.3) is 10.4 Å². The number of carbonyl (C=O) groups excluding carboxylic acids is 7. The summed E-state index contributed by atoms with van der Waals surface area (Å²) in [4.78, 5) is 88.6. The van der Waals surface area contributed by atoms with Crippen molar-refractivity contribution in [2.75, 3.05) is 52.8 Å². The van der Waals surface area contributed by atoms with E-state index in [9.17, 15) is 42.0 Å². The van der Waals surface area contributed by atoms with Crippen molar-refractivity contribution < 1.29 is 97.7 Å². The van der Waals surface area contributed by atoms with Crippen LogP contribution in [0.2, 0.25) is 0 Å². The summed E-state index contributed by atoms with van der Waals surface area (Å²) in [5.74, 6) is -3.95. The van der Waals surface area contributed by atoms with E-state index >= 15 is 0 Å². The summed E-state index contributed by atoms with van der Waals surface area (Å²) in [6.07, 6.45) is -7.97. The van der Waals surface area contributed by atoms with Crippen LogP contribution in [-0.4, -0.2) is 132 Å². The summed E-state index contributed by atoms with van der Waals surface area (Å²) < 4.78 is 94.3. The molecule has 0 amide bonds. The molecule has 5 atom stereocenters. The molecule has 3 aromatic carbocycles. The van der Waals surface area contributed by atoms with Crippen molar-refractivity contribution in [3.05, 3.63) is 93.4 Å². The Hall–Kier alpha value is -6.45. The van der Waals surface area contributed by atoms with E-state index < -0.39 is 88.9 Å². The van der Waals surface area contributed by atoms with Gasteiger partial charge in [-0.05, 0) is 59.5 Å². The minimum absolute atomic E-state index is 0.0308. The number of Topliss-reactive ketones (excluding diaryl/α,β-unsaturated/α-hetero) is 1. The zero-order valence-electron chi connectivity index (χ0n) is 42.5. The molecule has 0 radical (unpaired) electrons. The third-order valence-electron chi connectivity index (χ3n) is 10.00. The van der Waals surface area contributed by atoms with Crippen LogP contribution in [0, 0.1) is 0 Å². The maximum Gasteiger partial charge on any atom is 0.501 e. The van der Waals surface area contributed by atoms with Crippen molar-refractivity contribution in [2.24, 2.45) is 5.11 Å². The number of esters is 4. The molecule has 0 N–H and O–H groups in total. The van der Waals surface area contributed by atoms with Gasteiger partial charge in [0.05, 0.1) is 33.0 Å². The van der Waals surface area contributed by atoms with Gasteiger partial charge in [0.2, 0.25) is 12.4 Å². The highest BCUT2D eigenvalue weighted by molar-refractivity contribution is 8.13. The molecular weight excluding hydrogens is 1060 g/mol. The molecule has 1 heterocycles. The zero-order valence-corrected chi connectivity index (χ0v) is 44.9. The van der Waals surface area contributed by atoms with Crippen molar-refractivity contribution >= 4 is 73.8 Å². The summed E-state index contributed by atoms with van der Waals surface area (Å²) in [6.45, 7) is 8.22. The normalized spacial score (nSPS) is 17.0. The monoisotopic (exact) mass is 1120 g/mol. The largest absolute Gasteiger partial charge is 0.501 e. The molecular formula is C49H59N3O21S3. The first-order valence-electron chi connectivity index (χ1n) is 23.4. The van der Waals surface area contributed by atoms with Crippen LogP contribution in [0.1, 0.15) is 81.4 Å². The number of hydrogen-bond donors (Lipinski definition) is 0. The van der Waals surface area contributed by atoms with E-state index in [0.29, 0.717) is 29.4 Å². The molecule has 4 rings (SSSR count). The second-order valence-electron chi connectivity index (χ2n) is 16.2. The molecule has 0 spiro atoms. The van der Waals surface area contributed by atoms with Crippen molar-refractivity contribution in [2.45, 2.75) is 103 Å². The van der Waals surface area contributed by atoms with Gasteiger partial charge >= 0.3 is 34.3 Å². The maximum absolute atomic E-state index is 13.7. The van der Waals surface area contributed by atoms with Crippen LogP contribution in [0.3, 0.4) is 0 Å². The van der Waals surface area contributed by atoms with Gasteiger partial charge in [-0.2, -0.15) is 0 Å². The van der Waals surface area contributed by atoms with Gasteiger partial charge in [-0.25, -0.2) is 0 Å². The molecule has 1 fully saturated rings. The van der Waals surface area contributed by atoms with Gasteiger partial charge in [-0.15, -0.1) is 8.42 Å². The van der Waals surface area contributed by atoms with E-state index in [2.05, 4.69) is 10.0 Å². The summed E-state index contributed by atoms with van der Waals surface area (Å²) in [5.41, 5.74) is 10.5. The number of benzene rings is 3. The predicted octanol–water partition coefficient (Wildman–Crippen LogP) is 6.31. The molecule has 1 unspecified atom stereocenters. The lowest BCUT2D eigenvalue weighted by Crippen LogP contribution is -2.63. The Labute approximate surface area is 447 Å². The van der Waals surface area contributed by atoms with Gasteiger partial charge in [0.15, 0.2) is 39.7 Å². The van der Waals surface area contributed by atoms with Crippen molar-refractivity contribution in [1.82, 2.24) is 0 Å². The quantitative estimate of drug-likeness (QED) is 0.0126. The SMILES string of the molecule is CC(=O)OC[C@@H]1OC(Oc2ccc(C(=O)CCCOCCOCCOCCN=[N+]=[N-])cc2OS(=O)(=O)Oc2ccc(COc3ccc(CSC(C)=O)cc3CSC(C)=O)cc2)[C@@H](OC(C)=O)[C@H](OC(C)=O)[C@@H]1OC(C)=O. The van der Waals surface area contributed by atoms with Crippen molar-refractivity contribution in [3.8, 4) is 23.0 Å². The molecule has 414 valence electrons. The van der Waals surface area contributed by atoms with Crippen LogP contribution in [0.4, 0.5) is 0 Å². The number of ketones is 1.